The van der Waals surface area contributed by atoms with Gasteiger partial charge in [-0.3, -0.25) is 4.84 Å². The number of carbonyl (C=O) groups excluding carboxylic acids is 1. The third kappa shape index (κ3) is 4.75. The van der Waals surface area contributed by atoms with E-state index >= 15 is 0 Å². The lowest BCUT2D eigenvalue weighted by molar-refractivity contribution is -0.156. The summed E-state index contributed by atoms with van der Waals surface area (Å²) in [7, 11) is 0. The molecule has 0 bridgehead atoms. The SMILES string of the molecule is CCCCOC(=O)C(C)ON. The summed E-state index contributed by atoms with van der Waals surface area (Å²) < 4.78 is 4.79. The average Bonchev–Trinajstić information content (AvgIpc) is 2.03. The number of rotatable bonds is 5. The number of nitrogens with two attached hydrogens (primary N) is 1. The topological polar surface area (TPSA) is 61.5 Å². The molecule has 66 valence electrons. The molecule has 1 unspecified atom stereocenters. The molecule has 4 heteroatoms. The number of hydrogen-bond donors (Lipinski definition) is 1. The molecule has 0 aliphatic carbocycles. The lowest BCUT2D eigenvalue weighted by Crippen LogP contribution is -2.26. The molecule has 0 heterocycles. The van der Waals surface area contributed by atoms with E-state index in [9.17, 15) is 4.79 Å². The van der Waals surface area contributed by atoms with E-state index in [2.05, 4.69) is 4.84 Å². The van der Waals surface area contributed by atoms with Crippen molar-refractivity contribution < 1.29 is 14.4 Å². The number of hydrogen-bond acceptors (Lipinski definition) is 4. The molecule has 0 aromatic rings. The minimum Gasteiger partial charge on any atom is -0.464 e. The Hall–Kier alpha value is -0.610. The van der Waals surface area contributed by atoms with Gasteiger partial charge in [0, 0.05) is 0 Å². The Labute approximate surface area is 66.6 Å². The van der Waals surface area contributed by atoms with Gasteiger partial charge in [-0.05, 0) is 13.3 Å². The predicted molar refractivity (Wildman–Crippen MR) is 40.6 cm³/mol. The highest BCUT2D eigenvalue weighted by molar-refractivity contribution is 5.74. The van der Waals surface area contributed by atoms with Crippen LogP contribution in [0.3, 0.4) is 0 Å². The van der Waals surface area contributed by atoms with Crippen LogP contribution in [0.5, 0.6) is 0 Å². The van der Waals surface area contributed by atoms with E-state index < -0.39 is 12.1 Å². The zero-order valence-electron chi connectivity index (χ0n) is 7.00. The van der Waals surface area contributed by atoms with Crippen molar-refractivity contribution in [3.05, 3.63) is 0 Å². The summed E-state index contributed by atoms with van der Waals surface area (Å²) in [6, 6.07) is 0. The maximum Gasteiger partial charge on any atom is 0.337 e. The molecule has 0 spiro atoms. The van der Waals surface area contributed by atoms with Crippen LogP contribution in [0.1, 0.15) is 26.7 Å². The molecule has 11 heavy (non-hydrogen) atoms. The molecular weight excluding hydrogens is 146 g/mol. The van der Waals surface area contributed by atoms with Crippen molar-refractivity contribution in [3.8, 4) is 0 Å². The molecule has 0 saturated heterocycles. The Kier molecular flexibility index (Phi) is 5.78. The maximum atomic E-state index is 10.8. The molecule has 0 aromatic carbocycles. The first kappa shape index (κ1) is 10.4. The van der Waals surface area contributed by atoms with Crippen LogP contribution in [0.15, 0.2) is 0 Å². The molecule has 0 saturated carbocycles. The Morgan fingerprint density at radius 1 is 1.64 bits per heavy atom. The molecule has 0 aliphatic rings. The van der Waals surface area contributed by atoms with Crippen LogP contribution in [0, 0.1) is 0 Å². The summed E-state index contributed by atoms with van der Waals surface area (Å²) in [6.07, 6.45) is 1.22. The summed E-state index contributed by atoms with van der Waals surface area (Å²) in [5, 5.41) is 0. The largest absolute Gasteiger partial charge is 0.464 e. The molecule has 0 radical (unpaired) electrons. The summed E-state index contributed by atoms with van der Waals surface area (Å²) in [4.78, 5) is 15.1. The van der Waals surface area contributed by atoms with Gasteiger partial charge in [-0.25, -0.2) is 10.7 Å². The smallest absolute Gasteiger partial charge is 0.337 e. The lowest BCUT2D eigenvalue weighted by atomic mass is 10.3. The molecule has 0 rings (SSSR count). The molecule has 0 aromatic heterocycles. The van der Waals surface area contributed by atoms with E-state index in [1.54, 1.807) is 6.92 Å². The van der Waals surface area contributed by atoms with E-state index in [0.29, 0.717) is 6.61 Å². The number of unbranched alkanes of at least 4 members (excludes halogenated alkanes) is 1. The second-order valence-corrected chi connectivity index (χ2v) is 2.30. The number of carbonyl (C=O) groups is 1. The minimum absolute atomic E-state index is 0.402. The average molecular weight is 161 g/mol. The van der Waals surface area contributed by atoms with Crippen LogP contribution in [0.2, 0.25) is 0 Å². The first-order valence-corrected chi connectivity index (χ1v) is 3.74. The van der Waals surface area contributed by atoms with Crippen molar-refractivity contribution in [1.29, 1.82) is 0 Å². The molecular formula is C7H15NO3. The van der Waals surface area contributed by atoms with Gasteiger partial charge in [-0.1, -0.05) is 13.3 Å². The van der Waals surface area contributed by atoms with Crippen LogP contribution in [0.25, 0.3) is 0 Å². The standard InChI is InChI=1S/C7H15NO3/c1-3-4-5-10-7(9)6(2)11-8/h6H,3-5,8H2,1-2H3. The van der Waals surface area contributed by atoms with Crippen molar-refractivity contribution in [2.75, 3.05) is 6.61 Å². The number of ether oxygens (including phenoxy) is 1. The minimum atomic E-state index is -0.660. The van der Waals surface area contributed by atoms with Gasteiger partial charge in [0.15, 0.2) is 6.10 Å². The highest BCUT2D eigenvalue weighted by Crippen LogP contribution is 1.93. The van der Waals surface area contributed by atoms with Crippen LogP contribution in [-0.4, -0.2) is 18.7 Å². The Balaban J connectivity index is 3.36. The Bertz CT molecular complexity index is 116. The van der Waals surface area contributed by atoms with Gasteiger partial charge in [0.05, 0.1) is 6.61 Å². The van der Waals surface area contributed by atoms with Crippen LogP contribution in [-0.2, 0) is 14.4 Å². The molecule has 1 atom stereocenters. The molecule has 0 amide bonds. The summed E-state index contributed by atoms with van der Waals surface area (Å²) in [6.45, 7) is 4.02. The summed E-state index contributed by atoms with van der Waals surface area (Å²) in [5.41, 5.74) is 0. The van der Waals surface area contributed by atoms with Crippen molar-refractivity contribution in [3.63, 3.8) is 0 Å². The third-order valence-electron chi connectivity index (χ3n) is 1.28. The van der Waals surface area contributed by atoms with Gasteiger partial charge in [-0.15, -0.1) is 0 Å². The van der Waals surface area contributed by atoms with E-state index in [4.69, 9.17) is 10.6 Å². The second-order valence-electron chi connectivity index (χ2n) is 2.30. The van der Waals surface area contributed by atoms with E-state index in [1.165, 1.54) is 0 Å². The first-order valence-electron chi connectivity index (χ1n) is 3.74. The summed E-state index contributed by atoms with van der Waals surface area (Å²) >= 11 is 0. The van der Waals surface area contributed by atoms with E-state index in [1.807, 2.05) is 6.92 Å². The lowest BCUT2D eigenvalue weighted by Gasteiger charge is -2.07. The quantitative estimate of drug-likeness (QED) is 0.364. The van der Waals surface area contributed by atoms with Gasteiger partial charge in [-0.2, -0.15) is 0 Å². The van der Waals surface area contributed by atoms with Gasteiger partial charge in [0.2, 0.25) is 0 Å². The van der Waals surface area contributed by atoms with Crippen molar-refractivity contribution >= 4 is 5.97 Å². The fourth-order valence-electron chi connectivity index (χ4n) is 0.490. The fraction of sp³-hybridized carbons (Fsp3) is 0.857. The van der Waals surface area contributed by atoms with E-state index in [0.717, 1.165) is 12.8 Å². The van der Waals surface area contributed by atoms with Crippen molar-refractivity contribution in [1.82, 2.24) is 0 Å². The molecule has 2 N–H and O–H groups in total. The van der Waals surface area contributed by atoms with Crippen LogP contribution >= 0.6 is 0 Å². The zero-order chi connectivity index (χ0) is 8.69. The van der Waals surface area contributed by atoms with Crippen LogP contribution in [0.4, 0.5) is 0 Å². The Morgan fingerprint density at radius 2 is 2.27 bits per heavy atom. The van der Waals surface area contributed by atoms with E-state index in [-0.39, 0.29) is 0 Å². The van der Waals surface area contributed by atoms with Crippen molar-refractivity contribution in [2.45, 2.75) is 32.8 Å². The van der Waals surface area contributed by atoms with Gasteiger partial charge >= 0.3 is 5.97 Å². The van der Waals surface area contributed by atoms with Crippen molar-refractivity contribution in [2.24, 2.45) is 5.90 Å². The zero-order valence-corrected chi connectivity index (χ0v) is 7.00. The van der Waals surface area contributed by atoms with Gasteiger partial charge in [0.25, 0.3) is 0 Å². The first-order chi connectivity index (χ1) is 5.22. The highest BCUT2D eigenvalue weighted by atomic mass is 16.6. The van der Waals surface area contributed by atoms with Crippen LogP contribution < -0.4 is 5.90 Å². The molecule has 4 nitrogen and oxygen atoms in total. The summed E-state index contributed by atoms with van der Waals surface area (Å²) in [5.74, 6) is 4.37. The Morgan fingerprint density at radius 3 is 2.73 bits per heavy atom. The highest BCUT2D eigenvalue weighted by Gasteiger charge is 2.12. The molecule has 0 aliphatic heterocycles. The third-order valence-corrected chi connectivity index (χ3v) is 1.28. The van der Waals surface area contributed by atoms with Gasteiger partial charge < -0.3 is 4.74 Å². The monoisotopic (exact) mass is 161 g/mol. The second kappa shape index (κ2) is 6.12. The molecule has 0 fully saturated rings. The normalized spacial score (nSPS) is 12.6. The van der Waals surface area contributed by atoms with Gasteiger partial charge in [0.1, 0.15) is 0 Å². The number of esters is 1. The fourth-order valence-corrected chi connectivity index (χ4v) is 0.490. The predicted octanol–water partition coefficient (Wildman–Crippen LogP) is 0.609. The maximum absolute atomic E-state index is 10.8.